The molecule has 1 aromatic carbocycles. The Morgan fingerprint density at radius 2 is 2.13 bits per heavy atom. The van der Waals surface area contributed by atoms with Crippen molar-refractivity contribution >= 4 is 28.8 Å². The number of thiophene rings is 1. The highest BCUT2D eigenvalue weighted by Gasteiger charge is 2.25. The van der Waals surface area contributed by atoms with Gasteiger partial charge in [0.25, 0.3) is 5.91 Å². The highest BCUT2D eigenvalue weighted by Crippen LogP contribution is 2.25. The number of carbonyl (C=O) groups is 2. The van der Waals surface area contributed by atoms with Crippen LogP contribution in [0.2, 0.25) is 0 Å². The van der Waals surface area contributed by atoms with E-state index in [1.165, 1.54) is 11.3 Å². The van der Waals surface area contributed by atoms with Crippen LogP contribution in [0.3, 0.4) is 0 Å². The Kier molecular flexibility index (Phi) is 4.62. The first-order valence-corrected chi connectivity index (χ1v) is 8.35. The van der Waals surface area contributed by atoms with Crippen molar-refractivity contribution in [3.05, 3.63) is 46.2 Å². The molecule has 2 N–H and O–H groups in total. The summed E-state index contributed by atoms with van der Waals surface area (Å²) in [5.41, 5.74) is 0.932. The molecule has 0 radical (unpaired) electrons. The van der Waals surface area contributed by atoms with Crippen molar-refractivity contribution in [2.24, 2.45) is 0 Å². The van der Waals surface area contributed by atoms with Gasteiger partial charge in [-0.05, 0) is 42.5 Å². The maximum Gasteiger partial charge on any atom is 0.253 e. The largest absolute Gasteiger partial charge is 0.497 e. The van der Waals surface area contributed by atoms with Crippen LogP contribution in [-0.2, 0) is 11.2 Å². The van der Waals surface area contributed by atoms with Crippen LogP contribution in [0.15, 0.2) is 35.7 Å². The minimum Gasteiger partial charge on any atom is -0.497 e. The number of methoxy groups -OCH3 is 1. The lowest BCUT2D eigenvalue weighted by atomic mass is 10.1. The zero-order valence-electron chi connectivity index (χ0n) is 12.8. The van der Waals surface area contributed by atoms with Crippen LogP contribution in [0.25, 0.3) is 0 Å². The van der Waals surface area contributed by atoms with E-state index in [1.807, 2.05) is 17.5 Å². The Balaban J connectivity index is 1.76. The van der Waals surface area contributed by atoms with Gasteiger partial charge >= 0.3 is 0 Å². The van der Waals surface area contributed by atoms with E-state index in [9.17, 15) is 9.59 Å². The van der Waals surface area contributed by atoms with Crippen LogP contribution < -0.4 is 15.4 Å². The molecule has 1 aliphatic carbocycles. The lowest BCUT2D eigenvalue weighted by molar-refractivity contribution is -0.115. The Labute approximate surface area is 138 Å². The molecule has 3 rings (SSSR count). The average Bonchev–Trinajstić information content (AvgIpc) is 3.21. The van der Waals surface area contributed by atoms with Gasteiger partial charge in [0.05, 0.1) is 24.8 Å². The SMILES string of the molecule is COc1ccc(NC(=O)Cc2cccs2)c(C(=O)NC2CC2)c1. The van der Waals surface area contributed by atoms with E-state index < -0.39 is 0 Å². The summed E-state index contributed by atoms with van der Waals surface area (Å²) in [6.07, 6.45) is 2.32. The van der Waals surface area contributed by atoms with E-state index in [1.54, 1.807) is 25.3 Å². The lowest BCUT2D eigenvalue weighted by Gasteiger charge is -2.12. The molecular weight excluding hydrogens is 312 g/mol. The van der Waals surface area contributed by atoms with Gasteiger partial charge in [-0.1, -0.05) is 6.07 Å². The molecule has 23 heavy (non-hydrogen) atoms. The molecule has 0 unspecified atom stereocenters. The maximum absolute atomic E-state index is 12.4. The molecule has 1 saturated carbocycles. The Bertz CT molecular complexity index is 709. The molecule has 0 bridgehead atoms. The molecule has 6 heteroatoms. The molecule has 1 heterocycles. The van der Waals surface area contributed by atoms with Gasteiger partial charge in [-0.15, -0.1) is 11.3 Å². The zero-order chi connectivity index (χ0) is 16.2. The predicted octanol–water partition coefficient (Wildman–Crippen LogP) is 2.83. The topological polar surface area (TPSA) is 67.4 Å². The summed E-state index contributed by atoms with van der Waals surface area (Å²) in [4.78, 5) is 25.5. The van der Waals surface area contributed by atoms with Crippen LogP contribution in [0, 0.1) is 0 Å². The fraction of sp³-hybridized carbons (Fsp3) is 0.294. The van der Waals surface area contributed by atoms with Crippen molar-refractivity contribution in [1.82, 2.24) is 5.32 Å². The van der Waals surface area contributed by atoms with E-state index in [2.05, 4.69) is 10.6 Å². The van der Waals surface area contributed by atoms with Crippen molar-refractivity contribution in [2.75, 3.05) is 12.4 Å². The molecule has 1 fully saturated rings. The predicted molar refractivity (Wildman–Crippen MR) is 90.1 cm³/mol. The number of carbonyl (C=O) groups excluding carboxylic acids is 2. The van der Waals surface area contributed by atoms with Crippen LogP contribution in [0.1, 0.15) is 28.1 Å². The number of benzene rings is 1. The van der Waals surface area contributed by atoms with E-state index in [0.717, 1.165) is 17.7 Å². The van der Waals surface area contributed by atoms with Crippen LogP contribution in [0.4, 0.5) is 5.69 Å². The van der Waals surface area contributed by atoms with Gasteiger partial charge in [0.15, 0.2) is 0 Å². The van der Waals surface area contributed by atoms with E-state index in [-0.39, 0.29) is 17.9 Å². The first-order chi connectivity index (χ1) is 11.2. The number of hydrogen-bond donors (Lipinski definition) is 2. The number of nitrogens with one attached hydrogen (secondary N) is 2. The quantitative estimate of drug-likeness (QED) is 0.856. The minimum atomic E-state index is -0.183. The standard InChI is InChI=1S/C17H18N2O3S/c1-22-12-6-7-15(14(9-12)17(21)18-11-4-5-11)19-16(20)10-13-3-2-8-23-13/h2-3,6-9,11H,4-5,10H2,1H3,(H,18,21)(H,19,20). The lowest BCUT2D eigenvalue weighted by Crippen LogP contribution is -2.27. The van der Waals surface area contributed by atoms with E-state index >= 15 is 0 Å². The number of hydrogen-bond acceptors (Lipinski definition) is 4. The second-order valence-corrected chi connectivity index (χ2v) is 6.50. The van der Waals surface area contributed by atoms with E-state index in [0.29, 0.717) is 23.4 Å². The molecule has 0 aliphatic heterocycles. The van der Waals surface area contributed by atoms with Crippen molar-refractivity contribution < 1.29 is 14.3 Å². The van der Waals surface area contributed by atoms with Crippen molar-refractivity contribution in [3.63, 3.8) is 0 Å². The zero-order valence-corrected chi connectivity index (χ0v) is 13.6. The molecule has 0 spiro atoms. The highest BCUT2D eigenvalue weighted by molar-refractivity contribution is 7.10. The third kappa shape index (κ3) is 4.10. The van der Waals surface area contributed by atoms with Crippen molar-refractivity contribution in [1.29, 1.82) is 0 Å². The molecule has 0 atom stereocenters. The van der Waals surface area contributed by atoms with Crippen LogP contribution in [-0.4, -0.2) is 25.0 Å². The van der Waals surface area contributed by atoms with Gasteiger partial charge in [0.2, 0.25) is 5.91 Å². The molecule has 5 nitrogen and oxygen atoms in total. The fourth-order valence-electron chi connectivity index (χ4n) is 2.20. The van der Waals surface area contributed by atoms with Crippen LogP contribution in [0.5, 0.6) is 5.75 Å². The van der Waals surface area contributed by atoms with Gasteiger partial charge in [0.1, 0.15) is 5.75 Å². The molecule has 1 aromatic heterocycles. The first kappa shape index (κ1) is 15.6. The molecular formula is C17H18N2O3S. The normalized spacial score (nSPS) is 13.4. The molecule has 2 amide bonds. The summed E-state index contributed by atoms with van der Waals surface area (Å²) < 4.78 is 5.18. The first-order valence-electron chi connectivity index (χ1n) is 7.47. The second kappa shape index (κ2) is 6.83. The number of rotatable bonds is 6. The summed E-state index contributed by atoms with van der Waals surface area (Å²) in [6, 6.07) is 9.16. The van der Waals surface area contributed by atoms with Gasteiger partial charge in [-0.3, -0.25) is 9.59 Å². The third-order valence-electron chi connectivity index (χ3n) is 3.57. The monoisotopic (exact) mass is 330 g/mol. The third-order valence-corrected chi connectivity index (χ3v) is 4.45. The number of ether oxygens (including phenoxy) is 1. The summed E-state index contributed by atoms with van der Waals surface area (Å²) >= 11 is 1.53. The average molecular weight is 330 g/mol. The Morgan fingerprint density at radius 3 is 2.78 bits per heavy atom. The number of amides is 2. The molecule has 120 valence electrons. The summed E-state index contributed by atoms with van der Waals surface area (Å²) in [5.74, 6) is 0.262. The van der Waals surface area contributed by atoms with Crippen molar-refractivity contribution in [2.45, 2.75) is 25.3 Å². The summed E-state index contributed by atoms with van der Waals surface area (Å²) in [5, 5.41) is 7.70. The summed E-state index contributed by atoms with van der Waals surface area (Å²) in [7, 11) is 1.55. The molecule has 0 saturated heterocycles. The smallest absolute Gasteiger partial charge is 0.253 e. The van der Waals surface area contributed by atoms with Crippen molar-refractivity contribution in [3.8, 4) is 5.75 Å². The fourth-order valence-corrected chi connectivity index (χ4v) is 2.91. The highest BCUT2D eigenvalue weighted by atomic mass is 32.1. The molecule has 1 aliphatic rings. The second-order valence-electron chi connectivity index (χ2n) is 5.46. The number of anilines is 1. The minimum absolute atomic E-state index is 0.141. The Morgan fingerprint density at radius 1 is 1.30 bits per heavy atom. The Hall–Kier alpha value is -2.34. The van der Waals surface area contributed by atoms with Gasteiger partial charge < -0.3 is 15.4 Å². The van der Waals surface area contributed by atoms with Crippen LogP contribution >= 0.6 is 11.3 Å². The van der Waals surface area contributed by atoms with Gasteiger partial charge in [-0.2, -0.15) is 0 Å². The van der Waals surface area contributed by atoms with E-state index in [4.69, 9.17) is 4.74 Å². The maximum atomic E-state index is 12.4. The summed E-state index contributed by atoms with van der Waals surface area (Å²) in [6.45, 7) is 0. The van der Waals surface area contributed by atoms with Gasteiger partial charge in [-0.25, -0.2) is 0 Å². The molecule has 2 aromatic rings. The van der Waals surface area contributed by atoms with Gasteiger partial charge in [0, 0.05) is 10.9 Å².